The lowest BCUT2D eigenvalue weighted by Crippen LogP contribution is -2.40. The summed E-state index contributed by atoms with van der Waals surface area (Å²) in [6.07, 6.45) is 6.90. The molecule has 2 saturated heterocycles. The fourth-order valence-corrected chi connectivity index (χ4v) is 5.34. The van der Waals surface area contributed by atoms with Crippen LogP contribution in [-0.4, -0.2) is 74.6 Å². The van der Waals surface area contributed by atoms with Gasteiger partial charge in [-0.1, -0.05) is 43.5 Å². The quantitative estimate of drug-likeness (QED) is 0.380. The minimum atomic E-state index is -0.0448. The molecule has 39 heavy (non-hydrogen) atoms. The molecule has 1 unspecified atom stereocenters. The molecule has 0 aromatic heterocycles. The smallest absolute Gasteiger partial charge is 0.321 e. The average Bonchev–Trinajstić information content (AvgIpc) is 3.44. The topological polar surface area (TPSA) is 67.9 Å². The predicted octanol–water partition coefficient (Wildman–Crippen LogP) is 6.20. The van der Waals surface area contributed by atoms with E-state index in [1.807, 2.05) is 60.3 Å². The zero-order chi connectivity index (χ0) is 28.2. The van der Waals surface area contributed by atoms with E-state index < -0.39 is 0 Å². The molecular formula is C31H46ClN5O2. The second-order valence-electron chi connectivity index (χ2n) is 10.6. The van der Waals surface area contributed by atoms with Gasteiger partial charge in [-0.05, 0) is 87.2 Å². The van der Waals surface area contributed by atoms with Crippen LogP contribution in [0.25, 0.3) is 0 Å². The molecule has 0 aliphatic carbocycles. The minimum absolute atomic E-state index is 0.0448. The van der Waals surface area contributed by atoms with Gasteiger partial charge in [0.1, 0.15) is 0 Å². The summed E-state index contributed by atoms with van der Waals surface area (Å²) in [5.41, 5.74) is 3.21. The molecule has 0 saturated carbocycles. The number of nitrogens with one attached hydrogen (secondary N) is 2. The first kappa shape index (κ1) is 30.8. The molecule has 1 atom stereocenters. The van der Waals surface area contributed by atoms with E-state index in [0.29, 0.717) is 5.92 Å². The van der Waals surface area contributed by atoms with Gasteiger partial charge in [0.2, 0.25) is 5.91 Å². The molecule has 0 spiro atoms. The van der Waals surface area contributed by atoms with Gasteiger partial charge >= 0.3 is 6.03 Å². The van der Waals surface area contributed by atoms with Crippen molar-refractivity contribution in [1.29, 1.82) is 0 Å². The molecule has 0 radical (unpaired) electrons. The molecule has 2 heterocycles. The monoisotopic (exact) mass is 555 g/mol. The Bertz CT molecular complexity index is 1020. The van der Waals surface area contributed by atoms with Gasteiger partial charge in [0, 0.05) is 56.5 Å². The van der Waals surface area contributed by atoms with Crippen molar-refractivity contribution in [3.8, 4) is 0 Å². The predicted molar refractivity (Wildman–Crippen MR) is 163 cm³/mol. The van der Waals surface area contributed by atoms with Crippen LogP contribution in [0.15, 0.2) is 48.5 Å². The van der Waals surface area contributed by atoms with E-state index >= 15 is 0 Å². The lowest BCUT2D eigenvalue weighted by molar-refractivity contribution is -0.129. The molecule has 2 N–H and O–H groups in total. The van der Waals surface area contributed by atoms with Crippen LogP contribution in [0.5, 0.6) is 0 Å². The summed E-state index contributed by atoms with van der Waals surface area (Å²) in [5.74, 6) is 0.578. The summed E-state index contributed by atoms with van der Waals surface area (Å²) in [7, 11) is 3.86. The van der Waals surface area contributed by atoms with E-state index in [2.05, 4.69) is 34.6 Å². The zero-order valence-electron chi connectivity index (χ0n) is 24.1. The minimum Gasteiger partial charge on any atom is -0.369 e. The number of rotatable bonds is 8. The van der Waals surface area contributed by atoms with Crippen molar-refractivity contribution in [2.24, 2.45) is 0 Å². The number of halogens is 1. The maximum atomic E-state index is 12.7. The molecule has 0 bridgehead atoms. The van der Waals surface area contributed by atoms with Crippen LogP contribution in [0.1, 0.15) is 63.9 Å². The molecule has 214 valence electrons. The van der Waals surface area contributed by atoms with Crippen LogP contribution < -0.4 is 15.5 Å². The van der Waals surface area contributed by atoms with Crippen LogP contribution in [0, 0.1) is 0 Å². The number of likely N-dealkylation sites (tertiary alicyclic amines) is 1. The van der Waals surface area contributed by atoms with Gasteiger partial charge in [-0.25, -0.2) is 4.79 Å². The highest BCUT2D eigenvalue weighted by molar-refractivity contribution is 6.30. The number of nitrogens with zero attached hydrogens (tertiary/aromatic N) is 3. The zero-order valence-corrected chi connectivity index (χ0v) is 24.8. The molecule has 7 nitrogen and oxygen atoms in total. The number of piperidine rings is 1. The second-order valence-corrected chi connectivity index (χ2v) is 11.1. The van der Waals surface area contributed by atoms with Crippen molar-refractivity contribution in [2.75, 3.05) is 57.0 Å². The van der Waals surface area contributed by atoms with Gasteiger partial charge in [0.15, 0.2) is 0 Å². The van der Waals surface area contributed by atoms with E-state index in [-0.39, 0.29) is 18.0 Å². The van der Waals surface area contributed by atoms with Gasteiger partial charge in [-0.15, -0.1) is 0 Å². The van der Waals surface area contributed by atoms with Gasteiger partial charge in [0.25, 0.3) is 0 Å². The summed E-state index contributed by atoms with van der Waals surface area (Å²) < 4.78 is 0. The third-order valence-corrected chi connectivity index (χ3v) is 8.10. The van der Waals surface area contributed by atoms with E-state index in [1.165, 1.54) is 31.4 Å². The standard InChI is InChI=1S/C25H31ClN4O2.C6H15N/c1-18(31)28(2)24-13-16-30(17-24)23-9-7-22(8-10-23)27-25(32)29-14-11-20(12-15-29)19-3-5-21(26)6-4-19;1-3-4-5-6-7-2/h3-10,20,24H,11-17H2,1-2H3,(H,27,32);7H,3-6H2,1-2H3. The molecule has 3 amide bonds. The van der Waals surface area contributed by atoms with Crippen molar-refractivity contribution in [2.45, 2.75) is 64.3 Å². The Balaban J connectivity index is 0.000000532. The van der Waals surface area contributed by atoms with Crippen molar-refractivity contribution in [1.82, 2.24) is 15.1 Å². The molecule has 8 heteroatoms. The van der Waals surface area contributed by atoms with Gasteiger partial charge in [-0.2, -0.15) is 0 Å². The Morgan fingerprint density at radius 2 is 1.64 bits per heavy atom. The average molecular weight is 556 g/mol. The fourth-order valence-electron chi connectivity index (χ4n) is 5.21. The molecule has 2 aliphatic rings. The van der Waals surface area contributed by atoms with Gasteiger partial charge in [0.05, 0.1) is 6.04 Å². The lowest BCUT2D eigenvalue weighted by Gasteiger charge is -2.32. The number of carbonyl (C=O) groups excluding carboxylic acids is 2. The summed E-state index contributed by atoms with van der Waals surface area (Å²) in [6.45, 7) is 8.26. The number of urea groups is 1. The van der Waals surface area contributed by atoms with Crippen molar-refractivity contribution in [3.05, 3.63) is 59.1 Å². The van der Waals surface area contributed by atoms with E-state index in [9.17, 15) is 9.59 Å². The second kappa shape index (κ2) is 15.7. The Labute approximate surface area is 239 Å². The third kappa shape index (κ3) is 9.43. The maximum absolute atomic E-state index is 12.7. The first-order chi connectivity index (χ1) is 18.8. The highest BCUT2D eigenvalue weighted by Crippen LogP contribution is 2.29. The van der Waals surface area contributed by atoms with Crippen LogP contribution in [0.2, 0.25) is 5.02 Å². The molecule has 2 aromatic carbocycles. The van der Waals surface area contributed by atoms with Gasteiger partial charge in [-0.3, -0.25) is 4.79 Å². The first-order valence-corrected chi connectivity index (χ1v) is 14.7. The van der Waals surface area contributed by atoms with Crippen LogP contribution in [0.3, 0.4) is 0 Å². The normalized spacial score (nSPS) is 17.4. The number of amides is 3. The maximum Gasteiger partial charge on any atom is 0.321 e. The number of likely N-dealkylation sites (N-methyl/N-ethyl adjacent to an activating group) is 1. The lowest BCUT2D eigenvalue weighted by atomic mass is 9.89. The number of hydrogen-bond acceptors (Lipinski definition) is 4. The molecular weight excluding hydrogens is 510 g/mol. The summed E-state index contributed by atoms with van der Waals surface area (Å²) in [4.78, 5) is 30.3. The molecule has 2 aromatic rings. The van der Waals surface area contributed by atoms with E-state index in [1.54, 1.807) is 6.92 Å². The number of carbonyl (C=O) groups is 2. The Kier molecular flexibility index (Phi) is 12.4. The third-order valence-electron chi connectivity index (χ3n) is 7.85. The summed E-state index contributed by atoms with van der Waals surface area (Å²) in [6, 6.07) is 16.2. The first-order valence-electron chi connectivity index (χ1n) is 14.4. The van der Waals surface area contributed by atoms with Crippen molar-refractivity contribution in [3.63, 3.8) is 0 Å². The van der Waals surface area contributed by atoms with Crippen molar-refractivity contribution < 1.29 is 9.59 Å². The number of anilines is 2. The van der Waals surface area contributed by atoms with Crippen LogP contribution >= 0.6 is 11.6 Å². The van der Waals surface area contributed by atoms with Crippen LogP contribution in [0.4, 0.5) is 16.2 Å². The SMILES string of the molecule is CC(=O)N(C)C1CCN(c2ccc(NC(=O)N3CCC(c4ccc(Cl)cc4)CC3)cc2)C1.CCCCCNC. The summed E-state index contributed by atoms with van der Waals surface area (Å²) in [5, 5.41) is 6.89. The number of benzene rings is 2. The highest BCUT2D eigenvalue weighted by atomic mass is 35.5. The fraction of sp³-hybridized carbons (Fsp3) is 0.548. The number of hydrogen-bond donors (Lipinski definition) is 2. The number of unbranched alkanes of at least 4 members (excludes halogenated alkanes) is 2. The van der Waals surface area contributed by atoms with E-state index in [4.69, 9.17) is 11.6 Å². The summed E-state index contributed by atoms with van der Waals surface area (Å²) >= 11 is 5.99. The highest BCUT2D eigenvalue weighted by Gasteiger charge is 2.27. The van der Waals surface area contributed by atoms with Gasteiger partial charge < -0.3 is 25.3 Å². The van der Waals surface area contributed by atoms with Crippen LogP contribution in [-0.2, 0) is 4.79 Å². The molecule has 4 rings (SSSR count). The Hall–Kier alpha value is -2.77. The molecule has 2 fully saturated rings. The largest absolute Gasteiger partial charge is 0.369 e. The Morgan fingerprint density at radius 1 is 0.974 bits per heavy atom. The Morgan fingerprint density at radius 3 is 2.23 bits per heavy atom. The van der Waals surface area contributed by atoms with E-state index in [0.717, 1.165) is 61.8 Å². The molecule has 2 aliphatic heterocycles. The van der Waals surface area contributed by atoms with Crippen molar-refractivity contribution >= 4 is 34.9 Å².